The second kappa shape index (κ2) is 11.8. The van der Waals surface area contributed by atoms with Crippen LogP contribution in [0, 0.1) is 11.8 Å². The number of carbonyl (C=O) groups excluding carboxylic acids is 1. The fourth-order valence-corrected chi connectivity index (χ4v) is 4.67. The zero-order valence-electron chi connectivity index (χ0n) is 21.3. The third kappa shape index (κ3) is 7.32. The van der Waals surface area contributed by atoms with E-state index in [0.29, 0.717) is 17.8 Å². The molecule has 6 heteroatoms. The standard InChI is InChI=1S/C26H42O5Si/c1-11-12-13-14-15-16-21(27)18(2)17-19(3)23(31-32(9,10)26(5,6)7)22-24(29-8)20(4)30-25(22)28/h11-16,18-19,21,23,27H,4,17H2,1-3,5-10H3/b12-11+,14-13+,16-15+/t18-,19+,21?,23?/m0/s1. The van der Waals surface area contributed by atoms with Crippen LogP contribution in [0.2, 0.25) is 18.1 Å². The summed E-state index contributed by atoms with van der Waals surface area (Å²) in [7, 11) is -0.715. The Bertz CT molecular complexity index is 783. The lowest BCUT2D eigenvalue weighted by Gasteiger charge is -2.41. The van der Waals surface area contributed by atoms with Crippen molar-refractivity contribution >= 4 is 14.3 Å². The third-order valence-electron chi connectivity index (χ3n) is 6.33. The van der Waals surface area contributed by atoms with Gasteiger partial charge < -0.3 is 19.0 Å². The van der Waals surface area contributed by atoms with Crippen LogP contribution in [0.4, 0.5) is 0 Å². The first-order chi connectivity index (χ1) is 14.8. The molecule has 0 amide bonds. The molecule has 0 aliphatic carbocycles. The molecule has 32 heavy (non-hydrogen) atoms. The number of carbonyl (C=O) groups is 1. The Morgan fingerprint density at radius 1 is 1.12 bits per heavy atom. The highest BCUT2D eigenvalue weighted by atomic mass is 28.4. The van der Waals surface area contributed by atoms with Gasteiger partial charge >= 0.3 is 5.97 Å². The minimum Gasteiger partial charge on any atom is -0.492 e. The van der Waals surface area contributed by atoms with Gasteiger partial charge in [0.25, 0.3) is 0 Å². The first-order valence-corrected chi connectivity index (χ1v) is 14.2. The summed E-state index contributed by atoms with van der Waals surface area (Å²) in [6, 6.07) is 0. The molecular weight excluding hydrogens is 420 g/mol. The van der Waals surface area contributed by atoms with E-state index in [4.69, 9.17) is 13.9 Å². The SMILES string of the molecule is C=C1OC(=O)C(C(O[Si](C)(C)C(C)(C)C)[C@H](C)C[C@H](C)C(O)/C=C/C=C/C=C/C)=C1OC. The molecule has 1 aliphatic rings. The topological polar surface area (TPSA) is 65.0 Å². The Balaban J connectivity index is 3.18. The molecule has 2 unspecified atom stereocenters. The van der Waals surface area contributed by atoms with Crippen LogP contribution >= 0.6 is 0 Å². The van der Waals surface area contributed by atoms with Crippen molar-refractivity contribution in [1.29, 1.82) is 0 Å². The van der Waals surface area contributed by atoms with Gasteiger partial charge in [-0.3, -0.25) is 0 Å². The quantitative estimate of drug-likeness (QED) is 0.230. The van der Waals surface area contributed by atoms with Gasteiger partial charge in [0.05, 0.1) is 19.3 Å². The fraction of sp³-hybridized carbons (Fsp3) is 0.577. The third-order valence-corrected chi connectivity index (χ3v) is 10.8. The molecule has 0 aromatic heterocycles. The Kier molecular flexibility index (Phi) is 10.4. The largest absolute Gasteiger partial charge is 0.492 e. The van der Waals surface area contributed by atoms with Gasteiger partial charge in [-0.25, -0.2) is 4.79 Å². The maximum atomic E-state index is 12.7. The second-order valence-electron chi connectivity index (χ2n) is 10.0. The monoisotopic (exact) mass is 462 g/mol. The molecule has 4 atom stereocenters. The Morgan fingerprint density at radius 3 is 2.25 bits per heavy atom. The van der Waals surface area contributed by atoms with Crippen molar-refractivity contribution in [3.63, 3.8) is 0 Å². The van der Waals surface area contributed by atoms with Gasteiger partial charge in [-0.15, -0.1) is 0 Å². The maximum Gasteiger partial charge on any atom is 0.346 e. The second-order valence-corrected chi connectivity index (χ2v) is 14.8. The van der Waals surface area contributed by atoms with Crippen molar-refractivity contribution in [1.82, 2.24) is 0 Å². The van der Waals surface area contributed by atoms with Crippen LogP contribution in [-0.4, -0.2) is 38.7 Å². The van der Waals surface area contributed by atoms with Crippen molar-refractivity contribution < 1.29 is 23.8 Å². The van der Waals surface area contributed by atoms with Gasteiger partial charge in [0.15, 0.2) is 19.8 Å². The summed E-state index contributed by atoms with van der Waals surface area (Å²) < 4.78 is 17.5. The van der Waals surface area contributed by atoms with E-state index >= 15 is 0 Å². The van der Waals surface area contributed by atoms with Crippen LogP contribution in [0.25, 0.3) is 0 Å². The predicted molar refractivity (Wildman–Crippen MR) is 133 cm³/mol. The summed E-state index contributed by atoms with van der Waals surface area (Å²) in [6.07, 6.45) is 10.8. The van der Waals surface area contributed by atoms with E-state index in [1.807, 2.05) is 51.2 Å². The summed E-state index contributed by atoms with van der Waals surface area (Å²) in [4.78, 5) is 12.7. The summed E-state index contributed by atoms with van der Waals surface area (Å²) in [5.74, 6) is 0.0123. The van der Waals surface area contributed by atoms with E-state index in [1.54, 1.807) is 6.08 Å². The van der Waals surface area contributed by atoms with E-state index in [-0.39, 0.29) is 22.6 Å². The Morgan fingerprint density at radius 2 is 1.72 bits per heavy atom. The molecule has 1 aliphatic heterocycles. The highest BCUT2D eigenvalue weighted by Gasteiger charge is 2.45. The van der Waals surface area contributed by atoms with Gasteiger partial charge in [0, 0.05) is 0 Å². The van der Waals surface area contributed by atoms with E-state index in [0.717, 1.165) is 0 Å². The van der Waals surface area contributed by atoms with Gasteiger partial charge in [0.1, 0.15) is 5.57 Å². The molecule has 0 aromatic carbocycles. The molecule has 0 saturated carbocycles. The number of hydrogen-bond donors (Lipinski definition) is 1. The molecule has 0 bridgehead atoms. The van der Waals surface area contributed by atoms with E-state index in [2.05, 4.69) is 40.4 Å². The van der Waals surface area contributed by atoms with Crippen LogP contribution < -0.4 is 0 Å². The lowest BCUT2D eigenvalue weighted by molar-refractivity contribution is -0.134. The van der Waals surface area contributed by atoms with E-state index in [9.17, 15) is 9.90 Å². The lowest BCUT2D eigenvalue weighted by atomic mass is 9.86. The van der Waals surface area contributed by atoms with Crippen molar-refractivity contribution in [2.75, 3.05) is 7.11 Å². The number of hydrogen-bond acceptors (Lipinski definition) is 5. The number of cyclic esters (lactones) is 1. The number of ether oxygens (including phenoxy) is 2. The van der Waals surface area contributed by atoms with Gasteiger partial charge in [-0.2, -0.15) is 0 Å². The first-order valence-electron chi connectivity index (χ1n) is 11.3. The molecule has 0 spiro atoms. The number of esters is 1. The Labute approximate surface area is 195 Å². The number of rotatable bonds is 11. The molecule has 1 heterocycles. The number of aliphatic hydroxyl groups is 1. The number of allylic oxidation sites excluding steroid dienone is 5. The lowest BCUT2D eigenvalue weighted by Crippen LogP contribution is -2.47. The van der Waals surface area contributed by atoms with Gasteiger partial charge in [0.2, 0.25) is 0 Å². The summed E-state index contributed by atoms with van der Waals surface area (Å²) in [5, 5.41) is 10.6. The molecule has 180 valence electrons. The minimum absolute atomic E-state index is 0.0332. The van der Waals surface area contributed by atoms with Crippen LogP contribution in [0.5, 0.6) is 0 Å². The van der Waals surface area contributed by atoms with E-state index < -0.39 is 26.5 Å². The number of methoxy groups -OCH3 is 1. The van der Waals surface area contributed by atoms with Crippen LogP contribution in [-0.2, 0) is 18.7 Å². The Hall–Kier alpha value is -1.89. The first kappa shape index (κ1) is 28.1. The predicted octanol–water partition coefficient (Wildman–Crippen LogP) is 6.06. The van der Waals surface area contributed by atoms with Crippen molar-refractivity contribution in [2.45, 2.75) is 78.3 Å². The summed E-state index contributed by atoms with van der Waals surface area (Å²) in [6.45, 7) is 20.6. The zero-order valence-corrected chi connectivity index (χ0v) is 22.3. The highest BCUT2D eigenvalue weighted by Crippen LogP contribution is 2.42. The van der Waals surface area contributed by atoms with Gasteiger partial charge in [-0.05, 0) is 43.3 Å². The van der Waals surface area contributed by atoms with Gasteiger partial charge in [-0.1, -0.05) is 77.7 Å². The zero-order chi connectivity index (χ0) is 24.7. The van der Waals surface area contributed by atoms with Crippen molar-refractivity contribution in [3.05, 3.63) is 60.1 Å². The molecular formula is C26H42O5Si. The maximum absolute atomic E-state index is 12.7. The molecule has 5 nitrogen and oxygen atoms in total. The molecule has 0 fully saturated rings. The summed E-state index contributed by atoms with van der Waals surface area (Å²) >= 11 is 0. The molecule has 1 N–H and O–H groups in total. The van der Waals surface area contributed by atoms with Crippen molar-refractivity contribution in [2.24, 2.45) is 11.8 Å². The van der Waals surface area contributed by atoms with Crippen LogP contribution in [0.15, 0.2) is 60.1 Å². The number of aliphatic hydroxyl groups excluding tert-OH is 1. The molecule has 0 radical (unpaired) electrons. The highest BCUT2D eigenvalue weighted by molar-refractivity contribution is 6.74. The molecule has 0 saturated heterocycles. The normalized spacial score (nSPS) is 19.8. The molecule has 1 rings (SSSR count). The smallest absolute Gasteiger partial charge is 0.346 e. The fourth-order valence-electron chi connectivity index (χ4n) is 3.34. The van der Waals surface area contributed by atoms with Crippen LogP contribution in [0.3, 0.4) is 0 Å². The summed E-state index contributed by atoms with van der Waals surface area (Å²) in [5.41, 5.74) is 0.390. The van der Waals surface area contributed by atoms with Crippen LogP contribution in [0.1, 0.15) is 48.0 Å². The minimum atomic E-state index is -2.22. The van der Waals surface area contributed by atoms with E-state index in [1.165, 1.54) is 7.11 Å². The average Bonchev–Trinajstić information content (AvgIpc) is 2.97. The van der Waals surface area contributed by atoms with Crippen molar-refractivity contribution in [3.8, 4) is 0 Å². The average molecular weight is 463 g/mol. The molecule has 0 aromatic rings.